The second-order valence-electron chi connectivity index (χ2n) is 2.64. The zero-order valence-corrected chi connectivity index (χ0v) is 6.95. The molecule has 0 spiro atoms. The second kappa shape index (κ2) is 4.91. The molecule has 2 rings (SSSR count). The maximum absolute atomic E-state index is 3.83. The SMILES string of the molecule is C1CCNC1.Cn1cccn1. The molecule has 0 radical (unpaired) electrons. The smallest absolute Gasteiger partial charge is 0.0489 e. The number of rotatable bonds is 0. The van der Waals surface area contributed by atoms with Gasteiger partial charge in [0.1, 0.15) is 0 Å². The Kier molecular flexibility index (Phi) is 3.69. The molecule has 1 saturated heterocycles. The van der Waals surface area contributed by atoms with E-state index in [0.717, 1.165) is 0 Å². The predicted octanol–water partition coefficient (Wildman–Crippen LogP) is 0.790. The van der Waals surface area contributed by atoms with Crippen molar-refractivity contribution in [2.24, 2.45) is 7.05 Å². The van der Waals surface area contributed by atoms with Gasteiger partial charge in [0, 0.05) is 19.4 Å². The largest absolute Gasteiger partial charge is 0.317 e. The molecular weight excluding hydrogens is 138 g/mol. The van der Waals surface area contributed by atoms with Crippen LogP contribution < -0.4 is 5.32 Å². The van der Waals surface area contributed by atoms with Crippen LogP contribution in [0, 0.1) is 0 Å². The molecule has 0 aromatic carbocycles. The van der Waals surface area contributed by atoms with Gasteiger partial charge in [-0.25, -0.2) is 0 Å². The van der Waals surface area contributed by atoms with Gasteiger partial charge in [0.2, 0.25) is 0 Å². The molecule has 11 heavy (non-hydrogen) atoms. The Morgan fingerprint density at radius 2 is 2.09 bits per heavy atom. The second-order valence-corrected chi connectivity index (χ2v) is 2.64. The zero-order chi connectivity index (χ0) is 7.94. The first-order valence-corrected chi connectivity index (χ1v) is 4.04. The van der Waals surface area contributed by atoms with Gasteiger partial charge < -0.3 is 5.32 Å². The summed E-state index contributed by atoms with van der Waals surface area (Å²) in [5, 5.41) is 7.06. The molecule has 0 amide bonds. The topological polar surface area (TPSA) is 29.9 Å². The van der Waals surface area contributed by atoms with Crippen LogP contribution in [-0.4, -0.2) is 22.9 Å². The number of hydrogen-bond acceptors (Lipinski definition) is 2. The van der Waals surface area contributed by atoms with Crippen molar-refractivity contribution in [1.29, 1.82) is 0 Å². The Bertz CT molecular complexity index is 158. The van der Waals surface area contributed by atoms with Crippen molar-refractivity contribution in [1.82, 2.24) is 15.1 Å². The molecule has 3 heteroatoms. The lowest BCUT2D eigenvalue weighted by Gasteiger charge is -1.77. The standard InChI is InChI=1S/C4H6N2.C4H9N/c1-6-4-2-3-5-6;1-2-4-5-3-1/h2-4H,1H3;5H,1-4H2. The maximum atomic E-state index is 3.83. The summed E-state index contributed by atoms with van der Waals surface area (Å²) in [4.78, 5) is 0. The molecule has 0 saturated carbocycles. The van der Waals surface area contributed by atoms with Crippen LogP contribution in [0.4, 0.5) is 0 Å². The lowest BCUT2D eigenvalue weighted by atomic mass is 10.4. The summed E-state index contributed by atoms with van der Waals surface area (Å²) in [7, 11) is 1.89. The van der Waals surface area contributed by atoms with E-state index in [1.165, 1.54) is 25.9 Å². The maximum Gasteiger partial charge on any atom is 0.0489 e. The van der Waals surface area contributed by atoms with E-state index >= 15 is 0 Å². The van der Waals surface area contributed by atoms with Gasteiger partial charge in [-0.3, -0.25) is 4.68 Å². The average Bonchev–Trinajstić information content (AvgIpc) is 2.57. The summed E-state index contributed by atoms with van der Waals surface area (Å²) in [6.45, 7) is 2.50. The first kappa shape index (κ1) is 8.27. The van der Waals surface area contributed by atoms with Crippen LogP contribution in [0.3, 0.4) is 0 Å². The number of aryl methyl sites for hydroxylation is 1. The van der Waals surface area contributed by atoms with E-state index in [9.17, 15) is 0 Å². The fraction of sp³-hybridized carbons (Fsp3) is 0.625. The minimum Gasteiger partial charge on any atom is -0.317 e. The van der Waals surface area contributed by atoms with Gasteiger partial charge in [0.05, 0.1) is 0 Å². The van der Waals surface area contributed by atoms with Crippen molar-refractivity contribution in [3.63, 3.8) is 0 Å². The summed E-state index contributed by atoms with van der Waals surface area (Å²) in [5.41, 5.74) is 0. The van der Waals surface area contributed by atoms with E-state index in [4.69, 9.17) is 0 Å². The van der Waals surface area contributed by atoms with Gasteiger partial charge in [-0.15, -0.1) is 0 Å². The van der Waals surface area contributed by atoms with Crippen molar-refractivity contribution in [2.45, 2.75) is 12.8 Å². The fourth-order valence-corrected chi connectivity index (χ4v) is 0.970. The highest BCUT2D eigenvalue weighted by molar-refractivity contribution is 4.75. The molecule has 0 atom stereocenters. The van der Waals surface area contributed by atoms with Gasteiger partial charge in [-0.2, -0.15) is 5.10 Å². The Balaban J connectivity index is 0.000000112. The Labute approximate surface area is 67.4 Å². The highest BCUT2D eigenvalue weighted by Crippen LogP contribution is 1.90. The first-order valence-electron chi connectivity index (χ1n) is 4.04. The van der Waals surface area contributed by atoms with Crippen LogP contribution in [0.5, 0.6) is 0 Å². The molecule has 1 aromatic rings. The van der Waals surface area contributed by atoms with Crippen LogP contribution in [-0.2, 0) is 7.05 Å². The highest BCUT2D eigenvalue weighted by Gasteiger charge is 1.93. The molecule has 3 nitrogen and oxygen atoms in total. The molecule has 0 unspecified atom stereocenters. The van der Waals surface area contributed by atoms with Crippen molar-refractivity contribution in [3.8, 4) is 0 Å². The van der Waals surface area contributed by atoms with Gasteiger partial charge in [0.15, 0.2) is 0 Å². The Hall–Kier alpha value is -0.830. The van der Waals surface area contributed by atoms with E-state index in [-0.39, 0.29) is 0 Å². The third kappa shape index (κ3) is 3.78. The number of aromatic nitrogens is 2. The van der Waals surface area contributed by atoms with Crippen LogP contribution in [0.15, 0.2) is 18.5 Å². The van der Waals surface area contributed by atoms with Gasteiger partial charge >= 0.3 is 0 Å². The summed E-state index contributed by atoms with van der Waals surface area (Å²) >= 11 is 0. The predicted molar refractivity (Wildman–Crippen MR) is 45.3 cm³/mol. The Morgan fingerprint density at radius 1 is 1.36 bits per heavy atom. The molecule has 1 aliphatic rings. The van der Waals surface area contributed by atoms with E-state index < -0.39 is 0 Å². The van der Waals surface area contributed by atoms with E-state index in [2.05, 4.69) is 10.4 Å². The first-order chi connectivity index (χ1) is 5.39. The lowest BCUT2D eigenvalue weighted by molar-refractivity contribution is 0.768. The van der Waals surface area contributed by atoms with E-state index in [1.54, 1.807) is 10.9 Å². The lowest BCUT2D eigenvalue weighted by Crippen LogP contribution is -2.03. The molecule has 1 fully saturated rings. The number of hydrogen-bond donors (Lipinski definition) is 1. The molecule has 1 aromatic heterocycles. The monoisotopic (exact) mass is 153 g/mol. The molecule has 0 aliphatic carbocycles. The molecule has 62 valence electrons. The van der Waals surface area contributed by atoms with Gasteiger partial charge in [-0.05, 0) is 32.0 Å². The van der Waals surface area contributed by atoms with Gasteiger partial charge in [-0.1, -0.05) is 0 Å². The molecule has 2 heterocycles. The normalized spacial score (nSPS) is 15.7. The van der Waals surface area contributed by atoms with Crippen molar-refractivity contribution in [2.75, 3.05) is 13.1 Å². The summed E-state index contributed by atoms with van der Waals surface area (Å²) in [6.07, 6.45) is 6.42. The Morgan fingerprint density at radius 3 is 2.27 bits per heavy atom. The minimum atomic E-state index is 1.25. The highest BCUT2D eigenvalue weighted by atomic mass is 15.2. The average molecular weight is 153 g/mol. The van der Waals surface area contributed by atoms with Crippen LogP contribution in [0.2, 0.25) is 0 Å². The van der Waals surface area contributed by atoms with Crippen LogP contribution in [0.25, 0.3) is 0 Å². The molecule has 1 aliphatic heterocycles. The molecular formula is C8H15N3. The fourth-order valence-electron chi connectivity index (χ4n) is 0.970. The van der Waals surface area contributed by atoms with Crippen molar-refractivity contribution >= 4 is 0 Å². The quantitative estimate of drug-likeness (QED) is 0.597. The van der Waals surface area contributed by atoms with Gasteiger partial charge in [0.25, 0.3) is 0 Å². The number of nitrogens with one attached hydrogen (secondary N) is 1. The zero-order valence-electron chi connectivity index (χ0n) is 6.95. The summed E-state index contributed by atoms with van der Waals surface area (Å²) < 4.78 is 1.75. The third-order valence-corrected chi connectivity index (χ3v) is 1.59. The summed E-state index contributed by atoms with van der Waals surface area (Å²) in [5.74, 6) is 0. The molecule has 1 N–H and O–H groups in total. The van der Waals surface area contributed by atoms with E-state index in [0.29, 0.717) is 0 Å². The van der Waals surface area contributed by atoms with Crippen LogP contribution >= 0.6 is 0 Å². The third-order valence-electron chi connectivity index (χ3n) is 1.59. The molecule has 0 bridgehead atoms. The number of nitrogens with zero attached hydrogens (tertiary/aromatic N) is 2. The van der Waals surface area contributed by atoms with Crippen LogP contribution in [0.1, 0.15) is 12.8 Å². The van der Waals surface area contributed by atoms with Crippen molar-refractivity contribution in [3.05, 3.63) is 18.5 Å². The summed E-state index contributed by atoms with van der Waals surface area (Å²) in [6, 6.07) is 1.89. The van der Waals surface area contributed by atoms with E-state index in [1.807, 2.05) is 19.3 Å². The van der Waals surface area contributed by atoms with Crippen molar-refractivity contribution < 1.29 is 0 Å². The minimum absolute atomic E-state index is 1.25.